The summed E-state index contributed by atoms with van der Waals surface area (Å²) in [5.74, 6) is 2.35. The Kier molecular flexibility index (Phi) is 9.26. The zero-order valence-electron chi connectivity index (χ0n) is 26.6. The van der Waals surface area contributed by atoms with E-state index in [1.165, 1.54) is 11.9 Å². The predicted octanol–water partition coefficient (Wildman–Crippen LogP) is 5.18. The van der Waals surface area contributed by atoms with Crippen LogP contribution < -0.4 is 16.0 Å². The molecule has 0 unspecified atom stereocenters. The summed E-state index contributed by atoms with van der Waals surface area (Å²) in [4.78, 5) is 29.3. The van der Waals surface area contributed by atoms with Crippen LogP contribution in [0.3, 0.4) is 0 Å². The van der Waals surface area contributed by atoms with Crippen molar-refractivity contribution >= 4 is 29.1 Å². The molecule has 1 fully saturated rings. The Morgan fingerprint density at radius 1 is 1.07 bits per heavy atom. The van der Waals surface area contributed by atoms with Crippen LogP contribution in [0.25, 0.3) is 5.82 Å². The third-order valence-corrected chi connectivity index (χ3v) is 7.88. The van der Waals surface area contributed by atoms with E-state index in [2.05, 4.69) is 63.3 Å². The smallest absolute Gasteiger partial charge is 0.256 e. The summed E-state index contributed by atoms with van der Waals surface area (Å²) in [7, 11) is 0. The summed E-state index contributed by atoms with van der Waals surface area (Å²) in [6.07, 6.45) is 2.22. The summed E-state index contributed by atoms with van der Waals surface area (Å²) < 4.78 is 7.18. The van der Waals surface area contributed by atoms with Gasteiger partial charge in [0.05, 0.1) is 18.9 Å². The molecule has 3 aromatic rings. The average Bonchev–Trinajstić information content (AvgIpc) is 3.35. The highest BCUT2D eigenvalue weighted by molar-refractivity contribution is 6.13. The van der Waals surface area contributed by atoms with Gasteiger partial charge in [0, 0.05) is 55.3 Å². The molecule has 0 saturated carbocycles. The number of carbonyl (C=O) groups is 1. The van der Waals surface area contributed by atoms with Crippen LogP contribution in [0.15, 0.2) is 65.1 Å². The van der Waals surface area contributed by atoms with Crippen LogP contribution in [0.4, 0.5) is 17.3 Å². The Bertz CT molecular complexity index is 1610. The standard InChI is InChI=1S/C33H43N9O2/c1-21-8-9-25(32(43)39-31-22(2)16-26(24(4)37-31)33(5,6)7)18-27(21)38-30-17-23(3)40-42(30)29-19-28(35-20-36-29)34-10-11-41-12-14-44-15-13-41/h8-9,17-20,38H,2,10-16H2,1,3-7H3,(H,34,35,36)(H,37,39,43). The number of aliphatic imine (C=N–C) groups is 1. The van der Waals surface area contributed by atoms with E-state index < -0.39 is 0 Å². The predicted molar refractivity (Wildman–Crippen MR) is 175 cm³/mol. The van der Waals surface area contributed by atoms with Gasteiger partial charge in [-0.25, -0.2) is 15.0 Å². The molecule has 0 atom stereocenters. The molecule has 2 aliphatic rings. The third kappa shape index (κ3) is 7.40. The molecule has 2 aromatic heterocycles. The first-order valence-electron chi connectivity index (χ1n) is 15.1. The van der Waals surface area contributed by atoms with E-state index in [4.69, 9.17) is 9.73 Å². The van der Waals surface area contributed by atoms with Crippen LogP contribution in [0.1, 0.15) is 55.7 Å². The Morgan fingerprint density at radius 3 is 2.59 bits per heavy atom. The molecular weight excluding hydrogens is 554 g/mol. The Hall–Kier alpha value is -4.35. The normalized spacial score (nSPS) is 16.1. The van der Waals surface area contributed by atoms with E-state index >= 15 is 0 Å². The number of amides is 1. The minimum absolute atomic E-state index is 0.0125. The molecule has 0 aliphatic carbocycles. The van der Waals surface area contributed by atoms with Gasteiger partial charge < -0.3 is 20.7 Å². The maximum absolute atomic E-state index is 13.3. The molecule has 2 aliphatic heterocycles. The molecule has 4 heterocycles. The molecule has 1 amide bonds. The Morgan fingerprint density at radius 2 is 1.84 bits per heavy atom. The van der Waals surface area contributed by atoms with Crippen LogP contribution in [0.5, 0.6) is 0 Å². The highest BCUT2D eigenvalue weighted by Crippen LogP contribution is 2.36. The van der Waals surface area contributed by atoms with Crippen molar-refractivity contribution < 1.29 is 9.53 Å². The molecule has 1 saturated heterocycles. The number of hydrogen-bond acceptors (Lipinski definition) is 9. The van der Waals surface area contributed by atoms with Gasteiger partial charge in [0.2, 0.25) is 0 Å². The van der Waals surface area contributed by atoms with Crippen LogP contribution in [0.2, 0.25) is 0 Å². The van der Waals surface area contributed by atoms with Gasteiger partial charge in [-0.3, -0.25) is 9.69 Å². The van der Waals surface area contributed by atoms with Crippen LogP contribution in [-0.4, -0.2) is 75.8 Å². The molecule has 232 valence electrons. The van der Waals surface area contributed by atoms with E-state index in [-0.39, 0.29) is 11.3 Å². The second-order valence-electron chi connectivity index (χ2n) is 12.4. The topological polar surface area (TPSA) is 122 Å². The molecule has 3 N–H and O–H groups in total. The number of aryl methyl sites for hydroxylation is 2. The summed E-state index contributed by atoms with van der Waals surface area (Å²) in [5, 5.41) is 14.5. The fraction of sp³-hybridized carbons (Fsp3) is 0.424. The number of rotatable bonds is 8. The van der Waals surface area contributed by atoms with Gasteiger partial charge in [0.15, 0.2) is 5.82 Å². The van der Waals surface area contributed by atoms with Gasteiger partial charge in [-0.1, -0.05) is 33.4 Å². The lowest BCUT2D eigenvalue weighted by atomic mass is 9.80. The molecular formula is C33H43N9O2. The van der Waals surface area contributed by atoms with Gasteiger partial charge in [-0.05, 0) is 61.4 Å². The van der Waals surface area contributed by atoms with Gasteiger partial charge in [-0.2, -0.15) is 9.78 Å². The number of anilines is 3. The number of nitrogens with zero attached hydrogens (tertiary/aromatic N) is 6. The van der Waals surface area contributed by atoms with Crippen LogP contribution >= 0.6 is 0 Å². The van der Waals surface area contributed by atoms with E-state index in [1.54, 1.807) is 4.68 Å². The van der Waals surface area contributed by atoms with Crippen molar-refractivity contribution in [3.63, 3.8) is 0 Å². The number of hydrogen-bond donors (Lipinski definition) is 3. The Labute approximate surface area is 259 Å². The summed E-state index contributed by atoms with van der Waals surface area (Å²) >= 11 is 0. The number of morpholine rings is 1. The number of allylic oxidation sites excluding steroid dienone is 2. The quantitative estimate of drug-likeness (QED) is 0.325. The van der Waals surface area contributed by atoms with E-state index in [0.29, 0.717) is 23.6 Å². The van der Waals surface area contributed by atoms with Crippen molar-refractivity contribution in [2.75, 3.05) is 50.0 Å². The summed E-state index contributed by atoms with van der Waals surface area (Å²) in [6, 6.07) is 9.40. The van der Waals surface area contributed by atoms with Gasteiger partial charge >= 0.3 is 0 Å². The molecule has 11 nitrogen and oxygen atoms in total. The fourth-order valence-corrected chi connectivity index (χ4v) is 5.37. The highest BCUT2D eigenvalue weighted by Gasteiger charge is 2.26. The SMILES string of the molecule is C=C1CC(C(C)(C)C)=C(C)N=C1NC(=O)c1ccc(C)c(Nc2cc(C)nn2-c2cc(NCCN3CCOCC3)ncn2)c1. The lowest BCUT2D eigenvalue weighted by Gasteiger charge is -2.29. The minimum Gasteiger partial charge on any atom is -0.379 e. The molecule has 5 rings (SSSR count). The van der Waals surface area contributed by atoms with E-state index in [9.17, 15) is 4.79 Å². The van der Waals surface area contributed by atoms with Gasteiger partial charge in [0.1, 0.15) is 23.8 Å². The van der Waals surface area contributed by atoms with Crippen molar-refractivity contribution in [1.82, 2.24) is 30.0 Å². The largest absolute Gasteiger partial charge is 0.379 e. The minimum atomic E-state index is -0.242. The molecule has 0 bridgehead atoms. The molecule has 11 heteroatoms. The first-order chi connectivity index (χ1) is 21.0. The third-order valence-electron chi connectivity index (χ3n) is 7.88. The second-order valence-corrected chi connectivity index (χ2v) is 12.4. The maximum Gasteiger partial charge on any atom is 0.256 e. The highest BCUT2D eigenvalue weighted by atomic mass is 16.5. The zero-order chi connectivity index (χ0) is 31.4. The van der Waals surface area contributed by atoms with Gasteiger partial charge in [0.25, 0.3) is 5.91 Å². The number of carbonyl (C=O) groups excluding carboxylic acids is 1. The number of nitrogens with one attached hydrogen (secondary N) is 3. The lowest BCUT2D eigenvalue weighted by Crippen LogP contribution is -2.39. The molecule has 0 radical (unpaired) electrons. The van der Waals surface area contributed by atoms with E-state index in [1.807, 2.05) is 51.1 Å². The Balaban J connectivity index is 1.31. The van der Waals surface area contributed by atoms with Crippen molar-refractivity contribution in [3.8, 4) is 5.82 Å². The molecule has 44 heavy (non-hydrogen) atoms. The van der Waals surface area contributed by atoms with Crippen molar-refractivity contribution in [1.29, 1.82) is 0 Å². The van der Waals surface area contributed by atoms with Crippen molar-refractivity contribution in [2.45, 2.75) is 48.0 Å². The molecule has 0 spiro atoms. The number of ether oxygens (including phenoxy) is 1. The van der Waals surface area contributed by atoms with Crippen LogP contribution in [-0.2, 0) is 4.74 Å². The maximum atomic E-state index is 13.3. The lowest BCUT2D eigenvalue weighted by molar-refractivity contribution is 0.0398. The summed E-state index contributed by atoms with van der Waals surface area (Å²) in [5.41, 5.74) is 6.05. The number of amidine groups is 1. The average molecular weight is 598 g/mol. The second kappa shape index (κ2) is 13.1. The number of benzene rings is 1. The van der Waals surface area contributed by atoms with Gasteiger partial charge in [-0.15, -0.1) is 0 Å². The zero-order valence-corrected chi connectivity index (χ0v) is 26.6. The summed E-state index contributed by atoms with van der Waals surface area (Å²) in [6.45, 7) is 21.7. The monoisotopic (exact) mass is 597 g/mol. The van der Waals surface area contributed by atoms with Crippen molar-refractivity contribution in [2.24, 2.45) is 10.4 Å². The first-order valence-corrected chi connectivity index (χ1v) is 15.1. The molecule has 1 aromatic carbocycles. The fourth-order valence-electron chi connectivity index (χ4n) is 5.37. The van der Waals surface area contributed by atoms with E-state index in [0.717, 1.165) is 79.2 Å². The first kappa shape index (κ1) is 31.1. The van der Waals surface area contributed by atoms with Crippen LogP contribution in [0, 0.1) is 19.3 Å². The van der Waals surface area contributed by atoms with Crippen molar-refractivity contribution in [3.05, 3.63) is 76.9 Å². The number of aromatic nitrogens is 4.